The van der Waals surface area contributed by atoms with Gasteiger partial charge in [0.2, 0.25) is 0 Å². The van der Waals surface area contributed by atoms with Gasteiger partial charge in [-0.1, -0.05) is 17.7 Å². The third-order valence-corrected chi connectivity index (χ3v) is 3.96. The fourth-order valence-electron chi connectivity index (χ4n) is 2.71. The SMILES string of the molecule is Cc1ccc(C)c(C(=O)N(C)CC2CCNCC2)c1. The Balaban J connectivity index is 2.03. The Bertz CT molecular complexity index is 450. The number of nitrogens with one attached hydrogen (secondary N) is 1. The number of rotatable bonds is 3. The molecule has 2 rings (SSSR count). The number of piperidine rings is 1. The zero-order chi connectivity index (χ0) is 13.8. The number of carbonyl (C=O) groups excluding carboxylic acids is 1. The summed E-state index contributed by atoms with van der Waals surface area (Å²) in [5, 5.41) is 3.36. The molecule has 19 heavy (non-hydrogen) atoms. The van der Waals surface area contributed by atoms with Crippen LogP contribution in [-0.2, 0) is 0 Å². The highest BCUT2D eigenvalue weighted by Gasteiger charge is 2.20. The van der Waals surface area contributed by atoms with E-state index < -0.39 is 0 Å². The highest BCUT2D eigenvalue weighted by molar-refractivity contribution is 5.95. The van der Waals surface area contributed by atoms with Crippen LogP contribution in [0.4, 0.5) is 0 Å². The summed E-state index contributed by atoms with van der Waals surface area (Å²) in [6.45, 7) is 7.06. The molecule has 1 amide bonds. The average molecular weight is 260 g/mol. The summed E-state index contributed by atoms with van der Waals surface area (Å²) in [5.41, 5.74) is 3.05. The molecule has 1 aromatic rings. The molecular formula is C16H24N2O. The van der Waals surface area contributed by atoms with Crippen molar-refractivity contribution in [1.29, 1.82) is 0 Å². The molecule has 0 aromatic heterocycles. The van der Waals surface area contributed by atoms with E-state index in [1.54, 1.807) is 0 Å². The Kier molecular flexibility index (Phi) is 4.59. The van der Waals surface area contributed by atoms with E-state index in [0.717, 1.165) is 36.3 Å². The fourth-order valence-corrected chi connectivity index (χ4v) is 2.71. The van der Waals surface area contributed by atoms with Crippen LogP contribution in [-0.4, -0.2) is 37.5 Å². The van der Waals surface area contributed by atoms with Gasteiger partial charge in [0.05, 0.1) is 0 Å². The van der Waals surface area contributed by atoms with E-state index in [2.05, 4.69) is 11.4 Å². The quantitative estimate of drug-likeness (QED) is 0.905. The maximum Gasteiger partial charge on any atom is 0.253 e. The van der Waals surface area contributed by atoms with Crippen LogP contribution in [0.15, 0.2) is 18.2 Å². The monoisotopic (exact) mass is 260 g/mol. The standard InChI is InChI=1S/C16H24N2O/c1-12-4-5-13(2)15(10-12)16(19)18(3)11-14-6-8-17-9-7-14/h4-5,10,14,17H,6-9,11H2,1-3H3. The van der Waals surface area contributed by atoms with Crippen molar-refractivity contribution in [2.24, 2.45) is 5.92 Å². The molecule has 3 nitrogen and oxygen atoms in total. The lowest BCUT2D eigenvalue weighted by Crippen LogP contribution is -2.37. The first-order valence-corrected chi connectivity index (χ1v) is 7.11. The van der Waals surface area contributed by atoms with Gasteiger partial charge in [-0.25, -0.2) is 0 Å². The van der Waals surface area contributed by atoms with Crippen LogP contribution in [0, 0.1) is 19.8 Å². The zero-order valence-corrected chi connectivity index (χ0v) is 12.2. The van der Waals surface area contributed by atoms with Crippen LogP contribution < -0.4 is 5.32 Å². The van der Waals surface area contributed by atoms with Crippen LogP contribution >= 0.6 is 0 Å². The first kappa shape index (κ1) is 14.1. The summed E-state index contributed by atoms with van der Waals surface area (Å²) in [5.74, 6) is 0.792. The largest absolute Gasteiger partial charge is 0.341 e. The molecule has 1 saturated heterocycles. The van der Waals surface area contributed by atoms with Crippen LogP contribution in [0.25, 0.3) is 0 Å². The smallest absolute Gasteiger partial charge is 0.253 e. The predicted octanol–water partition coefficient (Wildman–Crippen LogP) is 2.38. The number of hydrogen-bond acceptors (Lipinski definition) is 2. The van der Waals surface area contributed by atoms with Gasteiger partial charge in [0.1, 0.15) is 0 Å². The summed E-state index contributed by atoms with van der Waals surface area (Å²) in [4.78, 5) is 14.4. The lowest BCUT2D eigenvalue weighted by Gasteiger charge is -2.28. The third-order valence-electron chi connectivity index (χ3n) is 3.96. The van der Waals surface area contributed by atoms with Crippen LogP contribution in [0.2, 0.25) is 0 Å². The molecule has 1 heterocycles. The van der Waals surface area contributed by atoms with Gasteiger partial charge in [0.25, 0.3) is 5.91 Å². The predicted molar refractivity (Wildman–Crippen MR) is 78.5 cm³/mol. The Morgan fingerprint density at radius 3 is 2.68 bits per heavy atom. The minimum Gasteiger partial charge on any atom is -0.341 e. The highest BCUT2D eigenvalue weighted by atomic mass is 16.2. The molecule has 104 valence electrons. The zero-order valence-electron chi connectivity index (χ0n) is 12.2. The van der Waals surface area contributed by atoms with Gasteiger partial charge in [0.15, 0.2) is 0 Å². The Morgan fingerprint density at radius 2 is 2.00 bits per heavy atom. The molecule has 1 N–H and O–H groups in total. The highest BCUT2D eigenvalue weighted by Crippen LogP contribution is 2.17. The molecule has 0 radical (unpaired) electrons. The second kappa shape index (κ2) is 6.20. The maximum absolute atomic E-state index is 12.5. The second-order valence-corrected chi connectivity index (χ2v) is 5.70. The van der Waals surface area contributed by atoms with Crippen molar-refractivity contribution in [3.8, 4) is 0 Å². The fraction of sp³-hybridized carbons (Fsp3) is 0.562. The lowest BCUT2D eigenvalue weighted by molar-refractivity contribution is 0.0762. The Morgan fingerprint density at radius 1 is 1.32 bits per heavy atom. The first-order chi connectivity index (χ1) is 9.08. The van der Waals surface area contributed by atoms with Gasteiger partial charge in [0, 0.05) is 19.2 Å². The molecule has 0 atom stereocenters. The molecule has 0 aliphatic carbocycles. The molecule has 0 unspecified atom stereocenters. The van der Waals surface area contributed by atoms with Crippen molar-refractivity contribution >= 4 is 5.91 Å². The normalized spacial score (nSPS) is 16.4. The maximum atomic E-state index is 12.5. The molecule has 0 bridgehead atoms. The molecule has 1 fully saturated rings. The van der Waals surface area contributed by atoms with Crippen molar-refractivity contribution in [3.63, 3.8) is 0 Å². The van der Waals surface area contributed by atoms with E-state index >= 15 is 0 Å². The van der Waals surface area contributed by atoms with Crippen molar-refractivity contribution in [3.05, 3.63) is 34.9 Å². The van der Waals surface area contributed by atoms with E-state index in [1.165, 1.54) is 12.8 Å². The van der Waals surface area contributed by atoms with E-state index in [4.69, 9.17) is 0 Å². The first-order valence-electron chi connectivity index (χ1n) is 7.11. The van der Waals surface area contributed by atoms with E-state index in [0.29, 0.717) is 5.92 Å². The van der Waals surface area contributed by atoms with Gasteiger partial charge < -0.3 is 10.2 Å². The summed E-state index contributed by atoms with van der Waals surface area (Å²) in [6, 6.07) is 6.08. The lowest BCUT2D eigenvalue weighted by atomic mass is 9.97. The summed E-state index contributed by atoms with van der Waals surface area (Å²) in [7, 11) is 1.92. The van der Waals surface area contributed by atoms with Crippen molar-refractivity contribution < 1.29 is 4.79 Å². The number of benzene rings is 1. The topological polar surface area (TPSA) is 32.3 Å². The molecular weight excluding hydrogens is 236 g/mol. The number of nitrogens with zero attached hydrogens (tertiary/aromatic N) is 1. The Labute approximate surface area is 116 Å². The molecule has 1 aromatic carbocycles. The van der Waals surface area contributed by atoms with Gasteiger partial charge in [-0.2, -0.15) is 0 Å². The van der Waals surface area contributed by atoms with Crippen LogP contribution in [0.5, 0.6) is 0 Å². The molecule has 3 heteroatoms. The van der Waals surface area contributed by atoms with E-state index in [-0.39, 0.29) is 5.91 Å². The summed E-state index contributed by atoms with van der Waals surface area (Å²) in [6.07, 6.45) is 2.34. The summed E-state index contributed by atoms with van der Waals surface area (Å²) < 4.78 is 0. The third kappa shape index (κ3) is 3.57. The molecule has 1 aliphatic rings. The van der Waals surface area contributed by atoms with Gasteiger partial charge >= 0.3 is 0 Å². The second-order valence-electron chi connectivity index (χ2n) is 5.70. The molecule has 1 aliphatic heterocycles. The molecule has 0 saturated carbocycles. The van der Waals surface area contributed by atoms with Crippen molar-refractivity contribution in [2.45, 2.75) is 26.7 Å². The average Bonchev–Trinajstić information content (AvgIpc) is 2.42. The Hall–Kier alpha value is -1.35. The van der Waals surface area contributed by atoms with Crippen LogP contribution in [0.1, 0.15) is 34.3 Å². The summed E-state index contributed by atoms with van der Waals surface area (Å²) >= 11 is 0. The molecule has 0 spiro atoms. The number of carbonyl (C=O) groups is 1. The van der Waals surface area contributed by atoms with E-state index in [9.17, 15) is 4.79 Å². The van der Waals surface area contributed by atoms with Crippen LogP contribution in [0.3, 0.4) is 0 Å². The minimum absolute atomic E-state index is 0.153. The number of hydrogen-bond donors (Lipinski definition) is 1. The number of aryl methyl sites for hydroxylation is 2. The van der Waals surface area contributed by atoms with Crippen molar-refractivity contribution in [2.75, 3.05) is 26.7 Å². The van der Waals surface area contributed by atoms with Crippen molar-refractivity contribution in [1.82, 2.24) is 10.2 Å². The van der Waals surface area contributed by atoms with Gasteiger partial charge in [-0.15, -0.1) is 0 Å². The van der Waals surface area contributed by atoms with E-state index in [1.807, 2.05) is 37.9 Å². The van der Waals surface area contributed by atoms with Gasteiger partial charge in [-0.3, -0.25) is 4.79 Å². The van der Waals surface area contributed by atoms with Gasteiger partial charge in [-0.05, 0) is 57.3 Å². The number of amides is 1. The minimum atomic E-state index is 0.153.